The van der Waals surface area contributed by atoms with Crippen molar-refractivity contribution in [2.24, 2.45) is 5.10 Å². The fraction of sp³-hybridized carbons (Fsp3) is 0. The smallest absolute Gasteiger partial charge is 0.289 e. The first-order valence-corrected chi connectivity index (χ1v) is 6.57. The number of aromatic nitrogens is 2. The third kappa shape index (κ3) is 2.90. The second-order valence-corrected chi connectivity index (χ2v) is 4.50. The molecule has 2 aromatic heterocycles. The molecule has 0 aliphatic rings. The van der Waals surface area contributed by atoms with Gasteiger partial charge in [-0.15, -0.1) is 0 Å². The lowest BCUT2D eigenvalue weighted by Gasteiger charge is -2.01. The van der Waals surface area contributed by atoms with Crippen molar-refractivity contribution in [1.29, 1.82) is 0 Å². The van der Waals surface area contributed by atoms with Gasteiger partial charge in [0.1, 0.15) is 17.0 Å². The zero-order valence-electron chi connectivity index (χ0n) is 11.5. The van der Waals surface area contributed by atoms with Crippen LogP contribution < -0.4 is 5.43 Å². The number of carbonyl (C=O) groups excluding carboxylic acids is 1. The van der Waals surface area contributed by atoms with Crippen molar-refractivity contribution in [1.82, 2.24) is 15.4 Å². The van der Waals surface area contributed by atoms with Crippen LogP contribution in [0.25, 0.3) is 10.9 Å². The Morgan fingerprint density at radius 2 is 2.05 bits per heavy atom. The number of benzene rings is 1. The summed E-state index contributed by atoms with van der Waals surface area (Å²) in [4.78, 5) is 20.0. The summed E-state index contributed by atoms with van der Waals surface area (Å²) in [7, 11) is 0. The Labute approximate surface area is 126 Å². The molecule has 22 heavy (non-hydrogen) atoms. The highest BCUT2D eigenvalue weighted by Gasteiger charge is 2.04. The number of para-hydroxylation sites is 1. The molecule has 0 radical (unpaired) electrons. The molecule has 108 valence electrons. The van der Waals surface area contributed by atoms with E-state index >= 15 is 0 Å². The summed E-state index contributed by atoms with van der Waals surface area (Å²) in [6.45, 7) is 0. The van der Waals surface area contributed by atoms with E-state index in [1.54, 1.807) is 36.4 Å². The average molecular weight is 292 g/mol. The molecule has 6 nitrogen and oxygen atoms in total. The van der Waals surface area contributed by atoms with Gasteiger partial charge in [0.05, 0.1) is 11.9 Å². The van der Waals surface area contributed by atoms with Crippen molar-refractivity contribution in [3.8, 4) is 5.75 Å². The van der Waals surface area contributed by atoms with E-state index in [1.165, 1.54) is 12.4 Å². The normalized spacial score (nSPS) is 10.9. The average Bonchev–Trinajstić information content (AvgIpc) is 2.56. The minimum atomic E-state index is -0.402. The molecule has 0 bridgehead atoms. The molecule has 6 heteroatoms. The summed E-state index contributed by atoms with van der Waals surface area (Å²) in [5, 5.41) is 14.4. The van der Waals surface area contributed by atoms with Crippen molar-refractivity contribution in [2.45, 2.75) is 0 Å². The molecule has 0 atom stereocenters. The van der Waals surface area contributed by atoms with Crippen LogP contribution in [0.4, 0.5) is 0 Å². The molecule has 3 rings (SSSR count). The van der Waals surface area contributed by atoms with E-state index in [4.69, 9.17) is 0 Å². The Hall–Kier alpha value is -3.28. The maximum absolute atomic E-state index is 11.8. The summed E-state index contributed by atoms with van der Waals surface area (Å²) in [5.41, 5.74) is 3.67. The number of hydrogen-bond donors (Lipinski definition) is 2. The molecular weight excluding hydrogens is 280 g/mol. The number of amides is 1. The number of hydrogen-bond acceptors (Lipinski definition) is 5. The van der Waals surface area contributed by atoms with Crippen LogP contribution in [-0.2, 0) is 0 Å². The Morgan fingerprint density at radius 1 is 1.14 bits per heavy atom. The van der Waals surface area contributed by atoms with Crippen molar-refractivity contribution in [3.05, 3.63) is 66.1 Å². The molecule has 1 aromatic carbocycles. The highest BCUT2D eigenvalue weighted by Crippen LogP contribution is 2.21. The number of nitrogens with one attached hydrogen (secondary N) is 1. The SMILES string of the molecule is O=C(NN=Cc1ccc2cccc(O)c2n1)c1ccccn1. The van der Waals surface area contributed by atoms with Crippen LogP contribution in [0.15, 0.2) is 59.8 Å². The number of phenolic OH excluding ortho intramolecular Hbond substituents is 1. The van der Waals surface area contributed by atoms with Crippen LogP contribution in [0.3, 0.4) is 0 Å². The third-order valence-corrected chi connectivity index (χ3v) is 2.98. The fourth-order valence-corrected chi connectivity index (χ4v) is 1.93. The van der Waals surface area contributed by atoms with Gasteiger partial charge in [0, 0.05) is 11.6 Å². The molecule has 0 saturated carbocycles. The fourth-order valence-electron chi connectivity index (χ4n) is 1.93. The number of hydrazone groups is 1. The van der Waals surface area contributed by atoms with E-state index in [0.717, 1.165) is 5.39 Å². The first-order chi connectivity index (χ1) is 10.7. The quantitative estimate of drug-likeness (QED) is 0.571. The molecule has 0 fully saturated rings. The minimum Gasteiger partial charge on any atom is -0.506 e. The second-order valence-electron chi connectivity index (χ2n) is 4.50. The summed E-state index contributed by atoms with van der Waals surface area (Å²) in [5.74, 6) is -0.300. The van der Waals surface area contributed by atoms with Crippen LogP contribution in [0, 0.1) is 0 Å². The van der Waals surface area contributed by atoms with E-state index in [2.05, 4.69) is 20.5 Å². The first-order valence-electron chi connectivity index (χ1n) is 6.57. The topological polar surface area (TPSA) is 87.5 Å². The van der Waals surface area contributed by atoms with E-state index in [1.807, 2.05) is 12.1 Å². The molecular formula is C16H12N4O2. The van der Waals surface area contributed by atoms with E-state index in [-0.39, 0.29) is 11.4 Å². The number of carbonyl (C=O) groups is 1. The van der Waals surface area contributed by atoms with E-state index in [9.17, 15) is 9.90 Å². The standard InChI is InChI=1S/C16H12N4O2/c21-14-6-3-4-11-7-8-12(19-15(11)14)10-18-20-16(22)13-5-1-2-9-17-13/h1-10,21H,(H,20,22). The Morgan fingerprint density at radius 3 is 2.86 bits per heavy atom. The number of aromatic hydroxyl groups is 1. The van der Waals surface area contributed by atoms with Gasteiger partial charge < -0.3 is 5.11 Å². The van der Waals surface area contributed by atoms with Crippen LogP contribution in [0.2, 0.25) is 0 Å². The number of pyridine rings is 2. The molecule has 0 aliphatic heterocycles. The van der Waals surface area contributed by atoms with Gasteiger partial charge in [0.25, 0.3) is 5.91 Å². The van der Waals surface area contributed by atoms with Gasteiger partial charge >= 0.3 is 0 Å². The molecule has 1 amide bonds. The van der Waals surface area contributed by atoms with Gasteiger partial charge in [-0.2, -0.15) is 5.10 Å². The molecule has 0 unspecified atom stereocenters. The number of nitrogens with zero attached hydrogens (tertiary/aromatic N) is 3. The Balaban J connectivity index is 1.76. The third-order valence-electron chi connectivity index (χ3n) is 2.98. The van der Waals surface area contributed by atoms with Crippen LogP contribution in [-0.4, -0.2) is 27.2 Å². The lowest BCUT2D eigenvalue weighted by Crippen LogP contribution is -2.18. The maximum atomic E-state index is 11.8. The molecule has 0 saturated heterocycles. The Bertz CT molecular complexity index is 847. The van der Waals surface area contributed by atoms with Gasteiger partial charge in [-0.25, -0.2) is 10.4 Å². The summed E-state index contributed by atoms with van der Waals surface area (Å²) in [6, 6.07) is 13.8. The Kier molecular flexibility index (Phi) is 3.74. The maximum Gasteiger partial charge on any atom is 0.289 e. The molecule has 3 aromatic rings. The lowest BCUT2D eigenvalue weighted by atomic mass is 10.2. The van der Waals surface area contributed by atoms with E-state index in [0.29, 0.717) is 11.2 Å². The van der Waals surface area contributed by atoms with Crippen molar-refractivity contribution in [2.75, 3.05) is 0 Å². The lowest BCUT2D eigenvalue weighted by molar-refractivity contribution is 0.0950. The molecule has 0 spiro atoms. The number of rotatable bonds is 3. The van der Waals surface area contributed by atoms with Crippen molar-refractivity contribution in [3.63, 3.8) is 0 Å². The molecule has 2 N–H and O–H groups in total. The highest BCUT2D eigenvalue weighted by molar-refractivity contribution is 5.93. The zero-order valence-corrected chi connectivity index (χ0v) is 11.5. The summed E-state index contributed by atoms with van der Waals surface area (Å²) in [6.07, 6.45) is 2.94. The van der Waals surface area contributed by atoms with Gasteiger partial charge in [-0.3, -0.25) is 9.78 Å². The van der Waals surface area contributed by atoms with Crippen LogP contribution in [0.5, 0.6) is 5.75 Å². The zero-order chi connectivity index (χ0) is 15.4. The molecule has 2 heterocycles. The van der Waals surface area contributed by atoms with Crippen LogP contribution >= 0.6 is 0 Å². The highest BCUT2D eigenvalue weighted by atomic mass is 16.3. The molecule has 0 aliphatic carbocycles. The monoisotopic (exact) mass is 292 g/mol. The van der Waals surface area contributed by atoms with Crippen LogP contribution in [0.1, 0.15) is 16.2 Å². The van der Waals surface area contributed by atoms with Gasteiger partial charge in [-0.1, -0.05) is 24.3 Å². The van der Waals surface area contributed by atoms with Crippen molar-refractivity contribution >= 4 is 23.0 Å². The largest absolute Gasteiger partial charge is 0.506 e. The summed E-state index contributed by atoms with van der Waals surface area (Å²) >= 11 is 0. The summed E-state index contributed by atoms with van der Waals surface area (Å²) < 4.78 is 0. The van der Waals surface area contributed by atoms with E-state index < -0.39 is 5.91 Å². The van der Waals surface area contributed by atoms with Gasteiger partial charge in [0.2, 0.25) is 0 Å². The predicted octanol–water partition coefficient (Wildman–Crippen LogP) is 2.10. The van der Waals surface area contributed by atoms with Gasteiger partial charge in [0.15, 0.2) is 0 Å². The number of phenols is 1. The minimum absolute atomic E-state index is 0.102. The first kappa shape index (κ1) is 13.7. The number of fused-ring (bicyclic) bond motifs is 1. The second kappa shape index (κ2) is 6.01. The predicted molar refractivity (Wildman–Crippen MR) is 82.7 cm³/mol. The van der Waals surface area contributed by atoms with Crippen molar-refractivity contribution < 1.29 is 9.90 Å². The van der Waals surface area contributed by atoms with Gasteiger partial charge in [-0.05, 0) is 24.3 Å².